The Labute approximate surface area is 89.1 Å². The average molecular weight is 227 g/mol. The van der Waals surface area contributed by atoms with Gasteiger partial charge in [0.15, 0.2) is 0 Å². The zero-order chi connectivity index (χ0) is 12.3. The summed E-state index contributed by atoms with van der Waals surface area (Å²) in [4.78, 5) is 13.9. The normalized spacial score (nSPS) is 10.1. The third-order valence-electron chi connectivity index (χ3n) is 1.89. The molecule has 0 spiro atoms. The lowest BCUT2D eigenvalue weighted by molar-refractivity contribution is -0.136. The number of carboxylic acid groups (broad SMARTS) is 1. The fourth-order valence-electron chi connectivity index (χ4n) is 1.16. The molecule has 0 radical (unpaired) electrons. The maximum absolute atomic E-state index is 12.4. The Hall–Kier alpha value is -2.23. The van der Waals surface area contributed by atoms with Crippen LogP contribution in [0.25, 0.3) is 0 Å². The van der Waals surface area contributed by atoms with Crippen molar-refractivity contribution in [3.05, 3.63) is 23.0 Å². The van der Waals surface area contributed by atoms with Gasteiger partial charge in [0.2, 0.25) is 0 Å². The van der Waals surface area contributed by atoms with Crippen molar-refractivity contribution in [3.63, 3.8) is 0 Å². The molecular formula is C9H7F2N3O2. The Morgan fingerprint density at radius 1 is 1.69 bits per heavy atom. The largest absolute Gasteiger partial charge is 0.481 e. The van der Waals surface area contributed by atoms with Crippen LogP contribution in [-0.4, -0.2) is 16.1 Å². The van der Waals surface area contributed by atoms with E-state index in [1.165, 1.54) is 0 Å². The van der Waals surface area contributed by atoms with E-state index in [1.807, 2.05) is 0 Å². The molecule has 7 heteroatoms. The van der Waals surface area contributed by atoms with Crippen LogP contribution < -0.4 is 5.73 Å². The summed E-state index contributed by atoms with van der Waals surface area (Å²) >= 11 is 0. The van der Waals surface area contributed by atoms with Gasteiger partial charge in [-0.2, -0.15) is 5.26 Å². The highest BCUT2D eigenvalue weighted by Gasteiger charge is 2.19. The second-order valence-electron chi connectivity index (χ2n) is 2.93. The number of nitrogens with zero attached hydrogens (tertiary/aromatic N) is 2. The number of anilines is 1. The number of aromatic nitrogens is 1. The zero-order valence-electron chi connectivity index (χ0n) is 7.94. The molecule has 0 atom stereocenters. The van der Waals surface area contributed by atoms with E-state index in [9.17, 15) is 13.6 Å². The number of hydrogen-bond donors (Lipinski definition) is 2. The predicted molar refractivity (Wildman–Crippen MR) is 49.7 cm³/mol. The number of halogens is 2. The number of hydrogen-bond acceptors (Lipinski definition) is 4. The molecule has 0 fully saturated rings. The van der Waals surface area contributed by atoms with Gasteiger partial charge in [-0.15, -0.1) is 0 Å². The average Bonchev–Trinajstić information content (AvgIpc) is 2.16. The van der Waals surface area contributed by atoms with Crippen molar-refractivity contribution in [2.75, 3.05) is 5.73 Å². The number of nitriles is 1. The maximum atomic E-state index is 12.4. The van der Waals surface area contributed by atoms with Gasteiger partial charge in [-0.1, -0.05) is 0 Å². The molecule has 1 aromatic rings. The Morgan fingerprint density at radius 2 is 2.31 bits per heavy atom. The molecule has 0 bridgehead atoms. The van der Waals surface area contributed by atoms with Crippen molar-refractivity contribution >= 4 is 11.7 Å². The fourth-order valence-corrected chi connectivity index (χ4v) is 1.16. The minimum absolute atomic E-state index is 0.114. The highest BCUT2D eigenvalue weighted by molar-refractivity contribution is 5.72. The maximum Gasteiger partial charge on any atom is 0.309 e. The molecule has 84 valence electrons. The van der Waals surface area contributed by atoms with E-state index in [0.717, 1.165) is 6.20 Å². The van der Waals surface area contributed by atoms with Gasteiger partial charge in [0, 0.05) is 6.20 Å². The summed E-state index contributed by atoms with van der Waals surface area (Å²) in [6.45, 7) is 0. The van der Waals surface area contributed by atoms with Gasteiger partial charge in [0.25, 0.3) is 6.43 Å². The summed E-state index contributed by atoms with van der Waals surface area (Å²) in [6.07, 6.45) is -2.59. The van der Waals surface area contributed by atoms with Crippen molar-refractivity contribution in [2.45, 2.75) is 12.8 Å². The van der Waals surface area contributed by atoms with E-state index in [2.05, 4.69) is 4.98 Å². The van der Waals surface area contributed by atoms with E-state index >= 15 is 0 Å². The summed E-state index contributed by atoms with van der Waals surface area (Å²) in [5.74, 6) is -1.21. The summed E-state index contributed by atoms with van der Waals surface area (Å²) < 4.78 is 24.8. The summed E-state index contributed by atoms with van der Waals surface area (Å²) in [5.41, 5.74) is 3.94. The summed E-state index contributed by atoms with van der Waals surface area (Å²) in [5, 5.41) is 17.2. The molecule has 0 saturated carbocycles. The first-order valence-electron chi connectivity index (χ1n) is 4.14. The molecule has 0 aliphatic heterocycles. The number of rotatable bonds is 3. The number of alkyl halides is 2. The highest BCUT2D eigenvalue weighted by atomic mass is 19.3. The van der Waals surface area contributed by atoms with E-state index in [-0.39, 0.29) is 11.3 Å². The SMILES string of the molecule is N#Cc1c(CC(=O)O)ncc(C(F)F)c1N. The van der Waals surface area contributed by atoms with E-state index in [0.29, 0.717) is 0 Å². The Balaban J connectivity index is 3.31. The second-order valence-corrected chi connectivity index (χ2v) is 2.93. The Kier molecular flexibility index (Phi) is 3.35. The van der Waals surface area contributed by atoms with Gasteiger partial charge in [-0.05, 0) is 0 Å². The van der Waals surface area contributed by atoms with Crippen LogP contribution in [0.2, 0.25) is 0 Å². The third kappa shape index (κ3) is 2.23. The number of carboxylic acids is 1. The molecular weight excluding hydrogens is 220 g/mol. The minimum atomic E-state index is -2.85. The first-order chi connectivity index (χ1) is 7.47. The van der Waals surface area contributed by atoms with Crippen molar-refractivity contribution in [2.24, 2.45) is 0 Å². The molecule has 0 amide bonds. The van der Waals surface area contributed by atoms with Crippen LogP contribution in [-0.2, 0) is 11.2 Å². The van der Waals surface area contributed by atoms with Crippen molar-refractivity contribution in [1.29, 1.82) is 5.26 Å². The number of nitrogen functional groups attached to an aromatic ring is 1. The topological polar surface area (TPSA) is 100 Å². The lowest BCUT2D eigenvalue weighted by Crippen LogP contribution is -2.09. The summed E-state index contributed by atoms with van der Waals surface area (Å²) in [7, 11) is 0. The molecule has 5 nitrogen and oxygen atoms in total. The fraction of sp³-hybridized carbons (Fsp3) is 0.222. The third-order valence-corrected chi connectivity index (χ3v) is 1.89. The zero-order valence-corrected chi connectivity index (χ0v) is 7.94. The number of carbonyl (C=O) groups is 1. The van der Waals surface area contributed by atoms with E-state index in [4.69, 9.17) is 16.1 Å². The molecule has 1 aromatic heterocycles. The number of aliphatic carboxylic acids is 1. The van der Waals surface area contributed by atoms with Crippen LogP contribution in [0, 0.1) is 11.3 Å². The van der Waals surface area contributed by atoms with Gasteiger partial charge in [-0.3, -0.25) is 9.78 Å². The van der Waals surface area contributed by atoms with Gasteiger partial charge in [0.05, 0.1) is 28.9 Å². The lowest BCUT2D eigenvalue weighted by Gasteiger charge is -2.08. The van der Waals surface area contributed by atoms with Crippen molar-refractivity contribution in [1.82, 2.24) is 4.98 Å². The van der Waals surface area contributed by atoms with Crippen LogP contribution in [0.3, 0.4) is 0 Å². The molecule has 0 aliphatic rings. The number of pyridine rings is 1. The molecule has 0 saturated heterocycles. The standard InChI is InChI=1S/C9H7F2N3O2/c10-9(11)5-3-14-6(1-7(15)16)4(2-12)8(5)13/h3,9H,1H2,(H2,13,14)(H,15,16). The van der Waals surface area contributed by atoms with Crippen LogP contribution in [0.15, 0.2) is 6.20 Å². The van der Waals surface area contributed by atoms with Crippen molar-refractivity contribution < 1.29 is 18.7 Å². The van der Waals surface area contributed by atoms with Crippen molar-refractivity contribution in [3.8, 4) is 6.07 Å². The monoisotopic (exact) mass is 227 g/mol. The van der Waals surface area contributed by atoms with Gasteiger partial charge in [-0.25, -0.2) is 8.78 Å². The molecule has 0 unspecified atom stereocenters. The second kappa shape index (κ2) is 4.53. The molecule has 3 N–H and O–H groups in total. The van der Waals surface area contributed by atoms with Gasteiger partial charge >= 0.3 is 5.97 Å². The van der Waals surface area contributed by atoms with Gasteiger partial charge < -0.3 is 10.8 Å². The lowest BCUT2D eigenvalue weighted by atomic mass is 10.1. The minimum Gasteiger partial charge on any atom is -0.481 e. The Morgan fingerprint density at radius 3 is 2.75 bits per heavy atom. The van der Waals surface area contributed by atoms with Gasteiger partial charge in [0.1, 0.15) is 6.07 Å². The quantitative estimate of drug-likeness (QED) is 0.805. The molecule has 16 heavy (non-hydrogen) atoms. The summed E-state index contributed by atoms with van der Waals surface area (Å²) in [6, 6.07) is 1.58. The molecule has 0 aliphatic carbocycles. The van der Waals surface area contributed by atoms with Crippen LogP contribution in [0.5, 0.6) is 0 Å². The molecule has 1 rings (SSSR count). The van der Waals surface area contributed by atoms with Crippen LogP contribution in [0.1, 0.15) is 23.2 Å². The molecule has 1 heterocycles. The van der Waals surface area contributed by atoms with E-state index < -0.39 is 30.1 Å². The number of nitrogens with two attached hydrogens (primary N) is 1. The van der Waals surface area contributed by atoms with E-state index in [1.54, 1.807) is 6.07 Å². The first kappa shape index (κ1) is 11.8. The molecule has 0 aromatic carbocycles. The smallest absolute Gasteiger partial charge is 0.309 e. The first-order valence-corrected chi connectivity index (χ1v) is 4.14. The predicted octanol–water partition coefficient (Wildman–Crippen LogP) is 1.10. The van der Waals surface area contributed by atoms with Crippen LogP contribution >= 0.6 is 0 Å². The highest BCUT2D eigenvalue weighted by Crippen LogP contribution is 2.28. The van der Waals surface area contributed by atoms with Crippen LogP contribution in [0.4, 0.5) is 14.5 Å². The Bertz CT molecular complexity index is 469.